The normalized spacial score (nSPS) is 19.0. The molecule has 0 N–H and O–H groups in total. The van der Waals surface area contributed by atoms with Crippen LogP contribution in [0.4, 0.5) is 11.4 Å². The van der Waals surface area contributed by atoms with Gasteiger partial charge in [-0.25, -0.2) is 4.99 Å². The standard InChI is InChI=1S/C16H18N2.C2H6/c1-10-11(2)16(3,4)15-14(10)18(5)13-9-7-6-8-12(13)17-15;1-2/h6-9H,2H2,1,3-5H3;1-2H3. The zero-order chi connectivity index (χ0) is 15.1. The van der Waals surface area contributed by atoms with Crippen LogP contribution in [0.2, 0.25) is 0 Å². The van der Waals surface area contributed by atoms with Gasteiger partial charge in [-0.15, -0.1) is 0 Å². The summed E-state index contributed by atoms with van der Waals surface area (Å²) in [6, 6.07) is 8.28. The molecule has 0 bridgehead atoms. The molecule has 0 amide bonds. The molecule has 1 aromatic rings. The predicted molar refractivity (Wildman–Crippen MR) is 88.9 cm³/mol. The number of benzene rings is 1. The second-order valence-electron chi connectivity index (χ2n) is 5.59. The first-order valence-electron chi connectivity index (χ1n) is 7.27. The predicted octanol–water partition coefficient (Wildman–Crippen LogP) is 5.11. The van der Waals surface area contributed by atoms with Gasteiger partial charge in [0.25, 0.3) is 0 Å². The van der Waals surface area contributed by atoms with Gasteiger partial charge in [-0.05, 0) is 30.2 Å². The lowest BCUT2D eigenvalue weighted by Crippen LogP contribution is -2.31. The molecule has 1 aromatic carbocycles. The fourth-order valence-corrected chi connectivity index (χ4v) is 2.91. The Morgan fingerprint density at radius 2 is 1.75 bits per heavy atom. The Kier molecular flexibility index (Phi) is 3.59. The van der Waals surface area contributed by atoms with Crippen LogP contribution in [0.3, 0.4) is 0 Å². The van der Waals surface area contributed by atoms with Crippen molar-refractivity contribution in [3.8, 4) is 0 Å². The molecule has 2 aliphatic rings. The molecule has 1 aliphatic carbocycles. The third kappa shape index (κ3) is 1.82. The summed E-state index contributed by atoms with van der Waals surface area (Å²) < 4.78 is 0. The first kappa shape index (κ1) is 14.6. The lowest BCUT2D eigenvalue weighted by molar-refractivity contribution is 0.652. The van der Waals surface area contributed by atoms with Crippen LogP contribution >= 0.6 is 0 Å². The minimum Gasteiger partial charge on any atom is -0.341 e. The number of hydrogen-bond donors (Lipinski definition) is 0. The highest BCUT2D eigenvalue weighted by Crippen LogP contribution is 2.49. The number of allylic oxidation sites excluding steroid dienone is 3. The van der Waals surface area contributed by atoms with Gasteiger partial charge < -0.3 is 4.90 Å². The van der Waals surface area contributed by atoms with Gasteiger partial charge in [-0.1, -0.05) is 46.4 Å². The van der Waals surface area contributed by atoms with E-state index in [9.17, 15) is 0 Å². The number of fused-ring (bicyclic) bond motifs is 2. The highest BCUT2D eigenvalue weighted by Gasteiger charge is 2.42. The van der Waals surface area contributed by atoms with Crippen molar-refractivity contribution in [1.29, 1.82) is 0 Å². The summed E-state index contributed by atoms with van der Waals surface area (Å²) in [5.41, 5.74) is 6.96. The smallest absolute Gasteiger partial charge is 0.0871 e. The lowest BCUT2D eigenvalue weighted by atomic mass is 9.83. The van der Waals surface area contributed by atoms with Crippen LogP contribution in [0.25, 0.3) is 0 Å². The van der Waals surface area contributed by atoms with E-state index in [2.05, 4.69) is 57.5 Å². The van der Waals surface area contributed by atoms with Crippen molar-refractivity contribution in [2.24, 2.45) is 10.4 Å². The minimum absolute atomic E-state index is 0.0682. The van der Waals surface area contributed by atoms with Gasteiger partial charge in [-0.2, -0.15) is 0 Å². The molecule has 20 heavy (non-hydrogen) atoms. The molecule has 106 valence electrons. The molecular weight excluding hydrogens is 244 g/mol. The molecule has 0 atom stereocenters. The molecule has 2 heteroatoms. The number of rotatable bonds is 0. The summed E-state index contributed by atoms with van der Waals surface area (Å²) in [6.45, 7) is 14.8. The molecule has 0 saturated heterocycles. The molecule has 0 aromatic heterocycles. The van der Waals surface area contributed by atoms with E-state index in [0.717, 1.165) is 11.4 Å². The summed E-state index contributed by atoms with van der Waals surface area (Å²) in [7, 11) is 2.11. The number of para-hydroxylation sites is 2. The van der Waals surface area contributed by atoms with Crippen molar-refractivity contribution in [2.75, 3.05) is 11.9 Å². The molecule has 2 nitrogen and oxygen atoms in total. The average Bonchev–Trinajstić information content (AvgIpc) is 2.63. The third-order valence-electron chi connectivity index (χ3n) is 4.19. The monoisotopic (exact) mass is 268 g/mol. The van der Waals surface area contributed by atoms with Crippen LogP contribution in [-0.2, 0) is 0 Å². The molecule has 3 rings (SSSR count). The van der Waals surface area contributed by atoms with E-state index in [1.165, 1.54) is 22.5 Å². The van der Waals surface area contributed by atoms with E-state index in [-0.39, 0.29) is 5.41 Å². The minimum atomic E-state index is -0.0682. The molecule has 0 saturated carbocycles. The van der Waals surface area contributed by atoms with Crippen molar-refractivity contribution in [3.05, 3.63) is 47.7 Å². The van der Waals surface area contributed by atoms with Crippen LogP contribution in [0.5, 0.6) is 0 Å². The van der Waals surface area contributed by atoms with E-state index in [1.807, 2.05) is 19.9 Å². The van der Waals surface area contributed by atoms with Crippen molar-refractivity contribution in [2.45, 2.75) is 34.6 Å². The van der Waals surface area contributed by atoms with Crippen molar-refractivity contribution >= 4 is 17.1 Å². The maximum Gasteiger partial charge on any atom is 0.0871 e. The topological polar surface area (TPSA) is 15.6 Å². The first-order chi connectivity index (χ1) is 9.44. The Bertz CT molecular complexity index is 618. The quantitative estimate of drug-likeness (QED) is 0.638. The van der Waals surface area contributed by atoms with E-state index in [0.29, 0.717) is 0 Å². The number of anilines is 1. The number of hydrogen-bond acceptors (Lipinski definition) is 2. The van der Waals surface area contributed by atoms with Gasteiger partial charge in [0.05, 0.1) is 22.8 Å². The fraction of sp³-hybridized carbons (Fsp3) is 0.389. The number of nitrogens with zero attached hydrogens (tertiary/aromatic N) is 2. The van der Waals surface area contributed by atoms with Crippen LogP contribution in [-0.4, -0.2) is 12.8 Å². The van der Waals surface area contributed by atoms with Gasteiger partial charge in [0.2, 0.25) is 0 Å². The molecule has 0 unspecified atom stereocenters. The van der Waals surface area contributed by atoms with E-state index < -0.39 is 0 Å². The van der Waals surface area contributed by atoms with Crippen LogP contribution < -0.4 is 4.90 Å². The Morgan fingerprint density at radius 1 is 1.15 bits per heavy atom. The van der Waals surface area contributed by atoms with Gasteiger partial charge in [0.15, 0.2) is 0 Å². The van der Waals surface area contributed by atoms with E-state index in [4.69, 9.17) is 4.99 Å². The molecule has 0 fully saturated rings. The average molecular weight is 268 g/mol. The second kappa shape index (κ2) is 4.93. The third-order valence-corrected chi connectivity index (χ3v) is 4.19. The van der Waals surface area contributed by atoms with Crippen LogP contribution in [0.1, 0.15) is 34.6 Å². The summed E-state index contributed by atoms with van der Waals surface area (Å²) in [4.78, 5) is 7.11. The zero-order valence-electron chi connectivity index (χ0n) is 13.4. The summed E-state index contributed by atoms with van der Waals surface area (Å²) in [6.07, 6.45) is 0. The fourth-order valence-electron chi connectivity index (χ4n) is 2.91. The van der Waals surface area contributed by atoms with Gasteiger partial charge in [-0.3, -0.25) is 0 Å². The Balaban J connectivity index is 0.000000704. The van der Waals surface area contributed by atoms with Gasteiger partial charge >= 0.3 is 0 Å². The molecule has 1 heterocycles. The lowest BCUT2D eigenvalue weighted by Gasteiger charge is -2.31. The van der Waals surface area contributed by atoms with Crippen LogP contribution in [0, 0.1) is 5.41 Å². The largest absolute Gasteiger partial charge is 0.341 e. The van der Waals surface area contributed by atoms with Crippen LogP contribution in [0.15, 0.2) is 52.7 Å². The molecule has 1 aliphatic heterocycles. The number of aliphatic imine (C=N–C) groups is 1. The molecule has 0 spiro atoms. The highest BCUT2D eigenvalue weighted by atomic mass is 15.2. The zero-order valence-corrected chi connectivity index (χ0v) is 13.4. The Labute approximate surface area is 122 Å². The van der Waals surface area contributed by atoms with Gasteiger partial charge in [0.1, 0.15) is 0 Å². The molecular formula is C18H24N2. The highest BCUT2D eigenvalue weighted by molar-refractivity contribution is 6.16. The molecule has 0 radical (unpaired) electrons. The Morgan fingerprint density at radius 3 is 2.40 bits per heavy atom. The van der Waals surface area contributed by atoms with Crippen molar-refractivity contribution in [3.63, 3.8) is 0 Å². The first-order valence-corrected chi connectivity index (χ1v) is 7.27. The van der Waals surface area contributed by atoms with Gasteiger partial charge in [0, 0.05) is 12.5 Å². The maximum atomic E-state index is 4.87. The maximum absolute atomic E-state index is 4.87. The Hall–Kier alpha value is -1.83. The van der Waals surface area contributed by atoms with E-state index >= 15 is 0 Å². The summed E-state index contributed by atoms with van der Waals surface area (Å²) in [5, 5.41) is 0. The van der Waals surface area contributed by atoms with Crippen molar-refractivity contribution < 1.29 is 0 Å². The SMILES string of the molecule is C=C1C(C)=C2C(=Nc3ccccc3N2C)C1(C)C.CC. The summed E-state index contributed by atoms with van der Waals surface area (Å²) in [5.74, 6) is 0. The second-order valence-corrected chi connectivity index (χ2v) is 5.59. The van der Waals surface area contributed by atoms with E-state index in [1.54, 1.807) is 0 Å². The summed E-state index contributed by atoms with van der Waals surface area (Å²) >= 11 is 0. The van der Waals surface area contributed by atoms with Crippen molar-refractivity contribution in [1.82, 2.24) is 0 Å².